The Hall–Kier alpha value is -4.01. The summed E-state index contributed by atoms with van der Waals surface area (Å²) in [6.45, 7) is 7.05. The van der Waals surface area contributed by atoms with Crippen molar-refractivity contribution in [2.45, 2.75) is 13.8 Å². The van der Waals surface area contributed by atoms with Gasteiger partial charge in [-0.3, -0.25) is 9.59 Å². The third-order valence-electron chi connectivity index (χ3n) is 7.41. The Balaban J connectivity index is 1.33. The average molecular weight is 524 g/mol. The number of rotatable bonds is 4. The molecule has 1 saturated heterocycles. The van der Waals surface area contributed by atoms with Crippen LogP contribution < -0.4 is 5.32 Å². The predicted octanol–water partition coefficient (Wildman–Crippen LogP) is 5.30. The fourth-order valence-electron chi connectivity index (χ4n) is 5.23. The molecule has 0 saturated carbocycles. The summed E-state index contributed by atoms with van der Waals surface area (Å²) in [7, 11) is 2.07. The number of thiazole rings is 1. The van der Waals surface area contributed by atoms with E-state index in [0.29, 0.717) is 11.1 Å². The maximum Gasteiger partial charge on any atom is 0.256 e. The van der Waals surface area contributed by atoms with Crippen molar-refractivity contribution in [2.75, 3.05) is 38.5 Å². The van der Waals surface area contributed by atoms with E-state index in [4.69, 9.17) is 4.98 Å². The highest BCUT2D eigenvalue weighted by Gasteiger charge is 2.29. The summed E-state index contributed by atoms with van der Waals surface area (Å²) in [6.07, 6.45) is 1.87. The first kappa shape index (κ1) is 24.3. The number of anilines is 1. The van der Waals surface area contributed by atoms with E-state index in [2.05, 4.69) is 22.2 Å². The van der Waals surface area contributed by atoms with Crippen LogP contribution in [-0.4, -0.2) is 64.8 Å². The van der Waals surface area contributed by atoms with Crippen LogP contribution in [0.4, 0.5) is 5.69 Å². The van der Waals surface area contributed by atoms with Gasteiger partial charge in [0, 0.05) is 59.6 Å². The Labute approximate surface area is 225 Å². The molecule has 0 aliphatic carbocycles. The van der Waals surface area contributed by atoms with Gasteiger partial charge in [-0.05, 0) is 32.5 Å². The first-order valence-corrected chi connectivity index (χ1v) is 13.6. The van der Waals surface area contributed by atoms with Gasteiger partial charge >= 0.3 is 0 Å². The number of piperazine rings is 1. The van der Waals surface area contributed by atoms with E-state index in [1.165, 1.54) is 0 Å². The van der Waals surface area contributed by atoms with Gasteiger partial charge in [0.15, 0.2) is 0 Å². The Bertz CT molecular complexity index is 1580. The van der Waals surface area contributed by atoms with E-state index in [9.17, 15) is 9.59 Å². The van der Waals surface area contributed by atoms with Crippen molar-refractivity contribution in [1.29, 1.82) is 0 Å². The van der Waals surface area contributed by atoms with Crippen LogP contribution in [-0.2, 0) is 4.79 Å². The molecule has 2 N–H and O–H groups in total. The van der Waals surface area contributed by atoms with Gasteiger partial charge in [-0.2, -0.15) is 0 Å². The lowest BCUT2D eigenvalue weighted by atomic mass is 10.0. The molecule has 7 nitrogen and oxygen atoms in total. The highest BCUT2D eigenvalue weighted by molar-refractivity contribution is 7.13. The number of fused-ring (bicyclic) bond motifs is 1. The number of H-pyrrole nitrogens is 1. The maximum absolute atomic E-state index is 13.3. The molecule has 2 aromatic heterocycles. The summed E-state index contributed by atoms with van der Waals surface area (Å²) in [5.41, 5.74) is 8.13. The van der Waals surface area contributed by atoms with Crippen molar-refractivity contribution in [3.63, 3.8) is 0 Å². The van der Waals surface area contributed by atoms with E-state index in [0.717, 1.165) is 76.2 Å². The van der Waals surface area contributed by atoms with Crippen LogP contribution in [0.3, 0.4) is 0 Å². The molecule has 8 heteroatoms. The molecular weight excluding hydrogens is 494 g/mol. The van der Waals surface area contributed by atoms with Gasteiger partial charge in [0.2, 0.25) is 0 Å². The number of aryl methyl sites for hydroxylation is 1. The van der Waals surface area contributed by atoms with E-state index in [1.807, 2.05) is 78.7 Å². The Morgan fingerprint density at radius 3 is 2.50 bits per heavy atom. The summed E-state index contributed by atoms with van der Waals surface area (Å²) < 4.78 is 0. The smallest absolute Gasteiger partial charge is 0.256 e. The molecule has 0 radical (unpaired) electrons. The largest absolute Gasteiger partial charge is 0.358 e. The lowest BCUT2D eigenvalue weighted by Crippen LogP contribution is -2.47. The molecule has 1 fully saturated rings. The molecule has 2 amide bonds. The lowest BCUT2D eigenvalue weighted by molar-refractivity contribution is -0.110. The minimum Gasteiger partial charge on any atom is -0.358 e. The second kappa shape index (κ2) is 9.70. The van der Waals surface area contributed by atoms with Crippen LogP contribution in [0, 0.1) is 13.8 Å². The highest BCUT2D eigenvalue weighted by Crippen LogP contribution is 2.41. The number of aromatic nitrogens is 2. The number of carbonyl (C=O) groups excluding carboxylic acids is 2. The number of hydrogen-bond donors (Lipinski definition) is 2. The summed E-state index contributed by atoms with van der Waals surface area (Å²) >= 11 is 1.59. The van der Waals surface area contributed by atoms with Gasteiger partial charge in [0.25, 0.3) is 11.8 Å². The average Bonchev–Trinajstić information content (AvgIpc) is 3.61. The van der Waals surface area contributed by atoms with E-state index in [1.54, 1.807) is 11.3 Å². The maximum atomic E-state index is 13.3. The number of nitrogens with one attached hydrogen (secondary N) is 2. The fraction of sp³-hybridized carbons (Fsp3) is 0.233. The molecule has 38 heavy (non-hydrogen) atoms. The van der Waals surface area contributed by atoms with Gasteiger partial charge in [-0.25, -0.2) is 4.98 Å². The SMILES string of the molecule is Cc1[nH]c(C=C2C(=O)Nc3c2cccc3-c2csc(-c3ccccc3)n2)c(C)c1C(=O)N1CCN(C)CC1. The molecule has 0 atom stereocenters. The second-order valence-corrected chi connectivity index (χ2v) is 10.8. The zero-order valence-electron chi connectivity index (χ0n) is 21.7. The number of carbonyl (C=O) groups is 2. The summed E-state index contributed by atoms with van der Waals surface area (Å²) in [5.74, 6) is -0.116. The molecule has 0 unspecified atom stereocenters. The summed E-state index contributed by atoms with van der Waals surface area (Å²) in [6, 6.07) is 16.0. The second-order valence-electron chi connectivity index (χ2n) is 9.90. The molecule has 192 valence electrons. The fourth-order valence-corrected chi connectivity index (χ4v) is 6.06. The number of para-hydroxylation sites is 1. The van der Waals surface area contributed by atoms with Crippen molar-refractivity contribution >= 4 is 40.5 Å². The molecule has 0 bridgehead atoms. The number of aromatic amines is 1. The van der Waals surface area contributed by atoms with Gasteiger partial charge < -0.3 is 20.1 Å². The van der Waals surface area contributed by atoms with Crippen LogP contribution in [0.15, 0.2) is 53.9 Å². The number of hydrogen-bond acceptors (Lipinski definition) is 5. The third kappa shape index (κ3) is 4.25. The molecule has 0 spiro atoms. The molecule has 2 aliphatic heterocycles. The van der Waals surface area contributed by atoms with Gasteiger partial charge in [0.1, 0.15) is 5.01 Å². The number of benzene rings is 2. The topological polar surface area (TPSA) is 81.3 Å². The lowest BCUT2D eigenvalue weighted by Gasteiger charge is -2.32. The quantitative estimate of drug-likeness (QED) is 0.356. The van der Waals surface area contributed by atoms with Gasteiger partial charge in [0.05, 0.1) is 22.5 Å². The standard InChI is InChI=1S/C30H29N5O2S/c1-18-24(31-19(2)26(18)30(37)35-14-12-34(3)13-15-35)16-23-21-10-7-11-22(27(21)33-28(23)36)25-17-38-29(32-25)20-8-5-4-6-9-20/h4-11,16-17,31H,12-15H2,1-3H3,(H,33,36). The molecule has 4 aromatic rings. The van der Waals surface area contributed by atoms with E-state index < -0.39 is 0 Å². The summed E-state index contributed by atoms with van der Waals surface area (Å²) in [5, 5.41) is 6.03. The Morgan fingerprint density at radius 1 is 1.00 bits per heavy atom. The van der Waals surface area contributed by atoms with E-state index >= 15 is 0 Å². The first-order chi connectivity index (χ1) is 18.4. The van der Waals surface area contributed by atoms with Crippen molar-refractivity contribution < 1.29 is 9.59 Å². The van der Waals surface area contributed by atoms with Crippen molar-refractivity contribution in [3.05, 3.63) is 82.0 Å². The Kier molecular flexibility index (Phi) is 6.21. The first-order valence-electron chi connectivity index (χ1n) is 12.8. The van der Waals surface area contributed by atoms with Crippen LogP contribution in [0.1, 0.15) is 32.9 Å². The monoisotopic (exact) mass is 523 g/mol. The van der Waals surface area contributed by atoms with Gasteiger partial charge in [-0.15, -0.1) is 11.3 Å². The van der Waals surface area contributed by atoms with Crippen molar-refractivity contribution in [3.8, 4) is 21.8 Å². The van der Waals surface area contributed by atoms with Crippen LogP contribution in [0.5, 0.6) is 0 Å². The van der Waals surface area contributed by atoms with Crippen molar-refractivity contribution in [2.24, 2.45) is 0 Å². The summed E-state index contributed by atoms with van der Waals surface area (Å²) in [4.78, 5) is 38.9. The molecule has 2 aliphatic rings. The zero-order chi connectivity index (χ0) is 26.4. The van der Waals surface area contributed by atoms with Gasteiger partial charge in [-0.1, -0.05) is 48.5 Å². The van der Waals surface area contributed by atoms with Crippen molar-refractivity contribution in [1.82, 2.24) is 19.8 Å². The Morgan fingerprint density at radius 2 is 1.74 bits per heavy atom. The normalized spacial score (nSPS) is 16.7. The minimum absolute atomic E-state index is 0.0466. The molecule has 6 rings (SSSR count). The third-order valence-corrected chi connectivity index (χ3v) is 8.30. The van der Waals surface area contributed by atoms with Crippen LogP contribution >= 0.6 is 11.3 Å². The predicted molar refractivity (Wildman–Crippen MR) is 153 cm³/mol. The number of nitrogens with zero attached hydrogens (tertiary/aromatic N) is 3. The van der Waals surface area contributed by atoms with E-state index in [-0.39, 0.29) is 11.8 Å². The van der Waals surface area contributed by atoms with Crippen LogP contribution in [0.2, 0.25) is 0 Å². The highest BCUT2D eigenvalue weighted by atomic mass is 32.1. The number of amides is 2. The zero-order valence-corrected chi connectivity index (χ0v) is 22.5. The number of likely N-dealkylation sites (N-methyl/N-ethyl adjacent to an activating group) is 1. The van der Waals surface area contributed by atoms with Crippen LogP contribution in [0.25, 0.3) is 33.5 Å². The molecular formula is C30H29N5O2S. The molecule has 4 heterocycles. The minimum atomic E-state index is -0.162. The molecule has 2 aromatic carbocycles.